The van der Waals surface area contributed by atoms with E-state index in [0.29, 0.717) is 6.04 Å². The van der Waals surface area contributed by atoms with E-state index < -0.39 is 0 Å². The molecule has 2 aromatic rings. The van der Waals surface area contributed by atoms with Crippen LogP contribution in [0.15, 0.2) is 42.7 Å². The molecular weight excluding hydrogens is 538 g/mol. The SMILES string of the molecule is CN1CCC[C@H]1c1ccc[n+](CCCCCCCCCCCCNCC2CCc3ccc(O)cc3O2)c1.[Br-]. The van der Waals surface area contributed by atoms with Crippen molar-refractivity contribution in [3.8, 4) is 11.5 Å². The molecular formula is C32H50BrN3O2. The highest BCUT2D eigenvalue weighted by Gasteiger charge is 2.24. The van der Waals surface area contributed by atoms with Crippen LogP contribution < -0.4 is 31.6 Å². The molecule has 6 heteroatoms. The van der Waals surface area contributed by atoms with Gasteiger partial charge >= 0.3 is 0 Å². The zero-order chi connectivity index (χ0) is 25.7. The van der Waals surface area contributed by atoms with E-state index in [9.17, 15) is 5.11 Å². The highest BCUT2D eigenvalue weighted by atomic mass is 79.9. The van der Waals surface area contributed by atoms with Gasteiger partial charge in [-0.1, -0.05) is 51.0 Å². The standard InChI is InChI=1S/C32H49N3O2.BrH/c1-34-21-13-15-31(34)28-14-12-23-35(26-28)22-11-9-7-5-3-2-4-6-8-10-20-33-25-30-19-17-27-16-18-29(36)24-32(27)37-30;/h12,14,16,18,23-24,26,30-31,33H,2-11,13,15,17,19-22,25H2,1H3;1H/t30?,31-;/m0./s1. The zero-order valence-corrected chi connectivity index (χ0v) is 25.1. The van der Waals surface area contributed by atoms with Crippen molar-refractivity contribution >= 4 is 0 Å². The number of aromatic nitrogens is 1. The third-order valence-electron chi connectivity index (χ3n) is 8.26. The number of benzene rings is 1. The molecule has 0 radical (unpaired) electrons. The number of nitrogens with zero attached hydrogens (tertiary/aromatic N) is 2. The third-order valence-corrected chi connectivity index (χ3v) is 8.26. The summed E-state index contributed by atoms with van der Waals surface area (Å²) in [6, 6.07) is 10.6. The number of halogens is 1. The van der Waals surface area contributed by atoms with Gasteiger partial charge in [0, 0.05) is 36.7 Å². The van der Waals surface area contributed by atoms with E-state index in [1.807, 2.05) is 6.07 Å². The maximum absolute atomic E-state index is 9.66. The Balaban J connectivity index is 0.00000400. The third kappa shape index (κ3) is 10.2. The number of hydrogen-bond acceptors (Lipinski definition) is 4. The first-order chi connectivity index (χ1) is 18.2. The summed E-state index contributed by atoms with van der Waals surface area (Å²) in [6.07, 6.45) is 23.1. The molecule has 5 nitrogen and oxygen atoms in total. The van der Waals surface area contributed by atoms with Gasteiger partial charge in [0.05, 0.1) is 0 Å². The van der Waals surface area contributed by atoms with Gasteiger partial charge in [0.15, 0.2) is 12.4 Å². The maximum atomic E-state index is 9.66. The van der Waals surface area contributed by atoms with Crippen LogP contribution in [0.4, 0.5) is 0 Å². The Morgan fingerprint density at radius 2 is 1.71 bits per heavy atom. The largest absolute Gasteiger partial charge is 1.00 e. The molecule has 38 heavy (non-hydrogen) atoms. The van der Waals surface area contributed by atoms with Crippen LogP contribution in [-0.4, -0.2) is 42.8 Å². The number of fused-ring (bicyclic) bond motifs is 1. The van der Waals surface area contributed by atoms with Crippen LogP contribution in [0.1, 0.15) is 101 Å². The molecule has 2 N–H and O–H groups in total. The van der Waals surface area contributed by atoms with Gasteiger partial charge in [-0.3, -0.25) is 4.90 Å². The van der Waals surface area contributed by atoms with Gasteiger partial charge in [0.25, 0.3) is 0 Å². The highest BCUT2D eigenvalue weighted by Crippen LogP contribution is 2.31. The normalized spacial score (nSPS) is 19.1. The quantitative estimate of drug-likeness (QED) is 0.234. The molecule has 3 heterocycles. The summed E-state index contributed by atoms with van der Waals surface area (Å²) in [5, 5.41) is 13.2. The van der Waals surface area contributed by atoms with Crippen molar-refractivity contribution in [3.05, 3.63) is 53.9 Å². The number of ether oxygens (including phenoxy) is 1. The fraction of sp³-hybridized carbons (Fsp3) is 0.656. The van der Waals surface area contributed by atoms with E-state index in [-0.39, 0.29) is 28.8 Å². The molecule has 0 spiro atoms. The van der Waals surface area contributed by atoms with Crippen LogP contribution in [0, 0.1) is 0 Å². The molecule has 1 unspecified atom stereocenters. The highest BCUT2D eigenvalue weighted by molar-refractivity contribution is 5.41. The second kappa shape index (κ2) is 17.1. The lowest BCUT2D eigenvalue weighted by atomic mass is 10.0. The fourth-order valence-electron chi connectivity index (χ4n) is 5.99. The lowest BCUT2D eigenvalue weighted by Gasteiger charge is -2.26. The van der Waals surface area contributed by atoms with Gasteiger partial charge in [-0.25, -0.2) is 4.57 Å². The summed E-state index contributed by atoms with van der Waals surface area (Å²) >= 11 is 0. The van der Waals surface area contributed by atoms with E-state index in [1.165, 1.54) is 94.7 Å². The smallest absolute Gasteiger partial charge is 0.173 e. The monoisotopic (exact) mass is 587 g/mol. The number of unbranched alkanes of at least 4 members (excludes halogenated alkanes) is 9. The van der Waals surface area contributed by atoms with Crippen LogP contribution in [0.2, 0.25) is 0 Å². The first-order valence-electron chi connectivity index (χ1n) is 15.1. The molecule has 0 saturated carbocycles. The Hall–Kier alpha value is -1.63. The number of nitrogens with one attached hydrogen (secondary N) is 1. The van der Waals surface area contributed by atoms with Crippen LogP contribution in [0.25, 0.3) is 0 Å². The predicted octanol–water partition coefficient (Wildman–Crippen LogP) is 3.33. The molecule has 4 rings (SSSR count). The minimum atomic E-state index is 0. The fourth-order valence-corrected chi connectivity index (χ4v) is 5.99. The summed E-state index contributed by atoms with van der Waals surface area (Å²) in [6.45, 7) is 4.36. The van der Waals surface area contributed by atoms with Crippen LogP contribution in [0.5, 0.6) is 11.5 Å². The molecule has 2 aliphatic rings. The summed E-state index contributed by atoms with van der Waals surface area (Å²) in [5.74, 6) is 1.14. The Morgan fingerprint density at radius 1 is 0.974 bits per heavy atom. The van der Waals surface area contributed by atoms with Crippen molar-refractivity contribution in [3.63, 3.8) is 0 Å². The van der Waals surface area contributed by atoms with Crippen molar-refractivity contribution in [1.29, 1.82) is 0 Å². The molecule has 0 amide bonds. The zero-order valence-electron chi connectivity index (χ0n) is 23.6. The molecule has 0 aliphatic carbocycles. The molecule has 0 bridgehead atoms. The summed E-state index contributed by atoms with van der Waals surface area (Å²) < 4.78 is 8.45. The number of phenolic OH excluding ortho intramolecular Hbond substituents is 1. The van der Waals surface area contributed by atoms with E-state index >= 15 is 0 Å². The van der Waals surface area contributed by atoms with Gasteiger partial charge < -0.3 is 32.1 Å². The van der Waals surface area contributed by atoms with E-state index in [0.717, 1.165) is 38.2 Å². The van der Waals surface area contributed by atoms with E-state index in [2.05, 4.69) is 46.4 Å². The topological polar surface area (TPSA) is 48.6 Å². The number of aryl methyl sites for hydroxylation is 2. The first kappa shape index (κ1) is 30.9. The van der Waals surface area contributed by atoms with E-state index in [1.54, 1.807) is 12.1 Å². The Morgan fingerprint density at radius 3 is 2.45 bits per heavy atom. The Bertz CT molecular complexity index is 941. The summed E-state index contributed by atoms with van der Waals surface area (Å²) in [7, 11) is 2.26. The van der Waals surface area contributed by atoms with Gasteiger partial charge in [-0.05, 0) is 76.4 Å². The van der Waals surface area contributed by atoms with Gasteiger partial charge in [0.1, 0.15) is 24.1 Å². The van der Waals surface area contributed by atoms with Crippen molar-refractivity contribution < 1.29 is 31.4 Å². The molecule has 1 aromatic heterocycles. The van der Waals surface area contributed by atoms with Gasteiger partial charge in [-0.2, -0.15) is 0 Å². The molecule has 1 aromatic carbocycles. The second-order valence-electron chi connectivity index (χ2n) is 11.3. The molecule has 1 saturated heterocycles. The lowest BCUT2D eigenvalue weighted by Crippen LogP contribution is -3.00. The van der Waals surface area contributed by atoms with Crippen LogP contribution >= 0.6 is 0 Å². The Kier molecular flexibility index (Phi) is 13.9. The average molecular weight is 589 g/mol. The van der Waals surface area contributed by atoms with E-state index in [4.69, 9.17) is 4.74 Å². The molecule has 2 atom stereocenters. The number of phenols is 1. The first-order valence-corrected chi connectivity index (χ1v) is 15.1. The minimum absolute atomic E-state index is 0. The molecule has 212 valence electrons. The van der Waals surface area contributed by atoms with Crippen LogP contribution in [-0.2, 0) is 13.0 Å². The summed E-state index contributed by atoms with van der Waals surface area (Å²) in [5.41, 5.74) is 2.70. The van der Waals surface area contributed by atoms with Gasteiger partial charge in [0.2, 0.25) is 0 Å². The van der Waals surface area contributed by atoms with Gasteiger partial charge in [-0.15, -0.1) is 0 Å². The lowest BCUT2D eigenvalue weighted by molar-refractivity contribution is -0.697. The average Bonchev–Trinajstić information content (AvgIpc) is 3.34. The van der Waals surface area contributed by atoms with Crippen LogP contribution in [0.3, 0.4) is 0 Å². The predicted molar refractivity (Wildman–Crippen MR) is 151 cm³/mol. The van der Waals surface area contributed by atoms with Crippen molar-refractivity contribution in [2.24, 2.45) is 0 Å². The molecule has 1 fully saturated rings. The number of aromatic hydroxyl groups is 1. The maximum Gasteiger partial charge on any atom is 0.173 e. The van der Waals surface area contributed by atoms with Crippen molar-refractivity contribution in [2.45, 2.75) is 109 Å². The number of rotatable bonds is 16. The minimum Gasteiger partial charge on any atom is -1.00 e. The number of hydrogen-bond donors (Lipinski definition) is 2. The number of pyridine rings is 1. The summed E-state index contributed by atoms with van der Waals surface area (Å²) in [4.78, 5) is 2.50. The van der Waals surface area contributed by atoms with Crippen molar-refractivity contribution in [2.75, 3.05) is 26.7 Å². The molecule has 2 aliphatic heterocycles. The number of likely N-dealkylation sites (tertiary alicyclic amines) is 1. The second-order valence-corrected chi connectivity index (χ2v) is 11.3. The van der Waals surface area contributed by atoms with Crippen molar-refractivity contribution in [1.82, 2.24) is 10.2 Å². The Labute approximate surface area is 241 Å².